The predicted molar refractivity (Wildman–Crippen MR) is 113 cm³/mol. The molecule has 2 aromatic heterocycles. The molecule has 7 heteroatoms. The molecule has 1 saturated heterocycles. The number of nitrogens with zero attached hydrogens (tertiary/aromatic N) is 4. The van der Waals surface area contributed by atoms with E-state index in [0.717, 1.165) is 56.9 Å². The molecule has 5 nitrogen and oxygen atoms in total. The Bertz CT molecular complexity index is 780. The number of rotatable bonds is 5. The van der Waals surface area contributed by atoms with Gasteiger partial charge in [0.05, 0.1) is 0 Å². The number of carbonyl (C=O) groups excluding carboxylic acids is 1. The maximum atomic E-state index is 13.2. The van der Waals surface area contributed by atoms with Gasteiger partial charge in [-0.3, -0.25) is 14.4 Å². The van der Waals surface area contributed by atoms with Crippen molar-refractivity contribution in [2.24, 2.45) is 0 Å². The molecule has 0 N–H and O–H groups in total. The molecular weight excluding hydrogens is 376 g/mol. The summed E-state index contributed by atoms with van der Waals surface area (Å²) in [7, 11) is 2.21. The van der Waals surface area contributed by atoms with E-state index >= 15 is 0 Å². The first kappa shape index (κ1) is 19.0. The molecule has 3 heterocycles. The van der Waals surface area contributed by atoms with Crippen LogP contribution in [0.25, 0.3) is 0 Å². The molecule has 1 amide bonds. The van der Waals surface area contributed by atoms with Crippen molar-refractivity contribution in [1.29, 1.82) is 0 Å². The van der Waals surface area contributed by atoms with Crippen LogP contribution in [0, 0.1) is 0 Å². The number of carbonyl (C=O) groups is 1. The van der Waals surface area contributed by atoms with E-state index < -0.39 is 0 Å². The zero-order chi connectivity index (χ0) is 18.8. The summed E-state index contributed by atoms with van der Waals surface area (Å²) in [5, 5.41) is 9.12. The predicted octanol–water partition coefficient (Wildman–Crippen LogP) is 3.14. The molecule has 2 aliphatic rings. The number of hydrogen-bond donors (Lipinski definition) is 0. The quantitative estimate of drug-likeness (QED) is 0.768. The largest absolute Gasteiger partial charge is 0.336 e. The standard InChI is InChI=1S/C20H28N4OS2/c1-3-24-18-5-4-16(22(2)13-15-6-9-27-14-15)12-17(18)19(21-24)20(25)23-7-10-26-11-8-23/h6,9,14,16H,3-5,7-8,10-13H2,1-2H3. The smallest absolute Gasteiger partial charge is 0.274 e. The van der Waals surface area contributed by atoms with Crippen LogP contribution < -0.4 is 0 Å². The van der Waals surface area contributed by atoms with Crippen LogP contribution in [0.4, 0.5) is 0 Å². The Morgan fingerprint density at radius 2 is 2.19 bits per heavy atom. The Hall–Kier alpha value is -1.31. The van der Waals surface area contributed by atoms with Crippen LogP contribution in [0.1, 0.15) is 40.7 Å². The SMILES string of the molecule is CCn1nc(C(=O)N2CCSCC2)c2c1CCC(N(C)Cc1ccsc1)C2. The van der Waals surface area contributed by atoms with Crippen LogP contribution in [0.3, 0.4) is 0 Å². The zero-order valence-corrected chi connectivity index (χ0v) is 17.8. The molecular formula is C20H28N4OS2. The fourth-order valence-corrected chi connectivity index (χ4v) is 5.76. The maximum absolute atomic E-state index is 13.2. The summed E-state index contributed by atoms with van der Waals surface area (Å²) in [5.74, 6) is 2.21. The van der Waals surface area contributed by atoms with Crippen molar-refractivity contribution in [2.45, 2.75) is 45.3 Å². The first-order chi connectivity index (χ1) is 13.2. The van der Waals surface area contributed by atoms with Gasteiger partial charge in [0.15, 0.2) is 5.69 Å². The topological polar surface area (TPSA) is 41.4 Å². The normalized spacial score (nSPS) is 20.1. The zero-order valence-electron chi connectivity index (χ0n) is 16.2. The van der Waals surface area contributed by atoms with Crippen LogP contribution in [-0.4, -0.2) is 63.2 Å². The molecule has 1 aliphatic carbocycles. The van der Waals surface area contributed by atoms with Crippen LogP contribution in [0.5, 0.6) is 0 Å². The van der Waals surface area contributed by atoms with Crippen molar-refractivity contribution in [3.05, 3.63) is 39.3 Å². The summed E-state index contributed by atoms with van der Waals surface area (Å²) in [5.41, 5.74) is 4.58. The highest BCUT2D eigenvalue weighted by molar-refractivity contribution is 7.99. The van der Waals surface area contributed by atoms with E-state index in [-0.39, 0.29) is 5.91 Å². The van der Waals surface area contributed by atoms with Gasteiger partial charge in [0.25, 0.3) is 5.91 Å². The third-order valence-corrected chi connectivity index (χ3v) is 7.43. The van der Waals surface area contributed by atoms with Gasteiger partial charge in [-0.25, -0.2) is 0 Å². The molecule has 1 aliphatic heterocycles. The summed E-state index contributed by atoms with van der Waals surface area (Å²) < 4.78 is 2.07. The highest BCUT2D eigenvalue weighted by atomic mass is 32.2. The number of hydrogen-bond acceptors (Lipinski definition) is 5. The third-order valence-electron chi connectivity index (χ3n) is 5.76. The molecule has 0 bridgehead atoms. The molecule has 2 aromatic rings. The summed E-state index contributed by atoms with van der Waals surface area (Å²) in [6, 6.07) is 2.67. The maximum Gasteiger partial charge on any atom is 0.274 e. The fourth-order valence-electron chi connectivity index (χ4n) is 4.19. The molecule has 4 rings (SSSR count). The average Bonchev–Trinajstić information content (AvgIpc) is 3.35. The van der Waals surface area contributed by atoms with E-state index in [9.17, 15) is 4.79 Å². The second-order valence-electron chi connectivity index (χ2n) is 7.44. The number of fused-ring (bicyclic) bond motifs is 1. The summed E-state index contributed by atoms with van der Waals surface area (Å²) in [4.78, 5) is 17.6. The van der Waals surface area contributed by atoms with Gasteiger partial charge in [0.2, 0.25) is 0 Å². The van der Waals surface area contributed by atoms with Gasteiger partial charge in [-0.2, -0.15) is 28.2 Å². The number of likely N-dealkylation sites (N-methyl/N-ethyl adjacent to an activating group) is 1. The van der Waals surface area contributed by atoms with Crippen molar-refractivity contribution in [3.63, 3.8) is 0 Å². The van der Waals surface area contributed by atoms with Crippen LogP contribution in [-0.2, 0) is 25.9 Å². The summed E-state index contributed by atoms with van der Waals surface area (Å²) in [6.45, 7) is 5.62. The van der Waals surface area contributed by atoms with Crippen LogP contribution >= 0.6 is 23.1 Å². The number of amides is 1. The second-order valence-corrected chi connectivity index (χ2v) is 9.44. The molecule has 0 spiro atoms. The van der Waals surface area contributed by atoms with Crippen molar-refractivity contribution in [1.82, 2.24) is 19.6 Å². The minimum atomic E-state index is 0.139. The third kappa shape index (κ3) is 3.96. The number of thioether (sulfide) groups is 1. The van der Waals surface area contributed by atoms with Crippen molar-refractivity contribution in [2.75, 3.05) is 31.6 Å². The Balaban J connectivity index is 1.55. The van der Waals surface area contributed by atoms with Gasteiger partial charge in [-0.05, 0) is 55.6 Å². The first-order valence-corrected chi connectivity index (χ1v) is 11.9. The van der Waals surface area contributed by atoms with Gasteiger partial charge < -0.3 is 4.90 Å². The minimum Gasteiger partial charge on any atom is -0.336 e. The molecule has 27 heavy (non-hydrogen) atoms. The number of thiophene rings is 1. The van der Waals surface area contributed by atoms with E-state index in [0.29, 0.717) is 11.7 Å². The average molecular weight is 405 g/mol. The van der Waals surface area contributed by atoms with E-state index in [1.165, 1.54) is 16.8 Å². The van der Waals surface area contributed by atoms with Gasteiger partial charge in [0.1, 0.15) is 0 Å². The van der Waals surface area contributed by atoms with Crippen molar-refractivity contribution in [3.8, 4) is 0 Å². The van der Waals surface area contributed by atoms with Crippen molar-refractivity contribution >= 4 is 29.0 Å². The van der Waals surface area contributed by atoms with Gasteiger partial charge in [-0.1, -0.05) is 0 Å². The lowest BCUT2D eigenvalue weighted by atomic mass is 9.90. The molecule has 0 radical (unpaired) electrons. The Labute approximate surface area is 169 Å². The Morgan fingerprint density at radius 1 is 1.37 bits per heavy atom. The number of aryl methyl sites for hydroxylation is 1. The minimum absolute atomic E-state index is 0.139. The van der Waals surface area contributed by atoms with E-state index in [1.807, 2.05) is 16.7 Å². The number of aromatic nitrogens is 2. The molecule has 1 unspecified atom stereocenters. The van der Waals surface area contributed by atoms with E-state index in [1.54, 1.807) is 11.3 Å². The molecule has 1 fully saturated rings. The Morgan fingerprint density at radius 3 is 2.89 bits per heavy atom. The van der Waals surface area contributed by atoms with Crippen molar-refractivity contribution < 1.29 is 4.79 Å². The lowest BCUT2D eigenvalue weighted by Crippen LogP contribution is -2.40. The molecule has 146 valence electrons. The molecule has 1 atom stereocenters. The van der Waals surface area contributed by atoms with E-state index in [4.69, 9.17) is 5.10 Å². The lowest BCUT2D eigenvalue weighted by Gasteiger charge is -2.32. The van der Waals surface area contributed by atoms with Gasteiger partial charge >= 0.3 is 0 Å². The first-order valence-electron chi connectivity index (χ1n) is 9.84. The fraction of sp³-hybridized carbons (Fsp3) is 0.600. The van der Waals surface area contributed by atoms with E-state index in [2.05, 4.69) is 40.4 Å². The highest BCUT2D eigenvalue weighted by Crippen LogP contribution is 2.29. The highest BCUT2D eigenvalue weighted by Gasteiger charge is 2.32. The monoisotopic (exact) mass is 404 g/mol. The summed E-state index contributed by atoms with van der Waals surface area (Å²) >= 11 is 3.68. The molecule has 0 saturated carbocycles. The second kappa shape index (κ2) is 8.37. The lowest BCUT2D eigenvalue weighted by molar-refractivity contribution is 0.0763. The van der Waals surface area contributed by atoms with Crippen LogP contribution in [0.2, 0.25) is 0 Å². The summed E-state index contributed by atoms with van der Waals surface area (Å²) in [6.07, 6.45) is 3.07. The molecule has 0 aromatic carbocycles. The Kier molecular flexibility index (Phi) is 5.90. The van der Waals surface area contributed by atoms with Gasteiger partial charge in [-0.15, -0.1) is 0 Å². The van der Waals surface area contributed by atoms with Gasteiger partial charge in [0, 0.05) is 55.0 Å². The van der Waals surface area contributed by atoms with Crippen LogP contribution in [0.15, 0.2) is 16.8 Å².